The van der Waals surface area contributed by atoms with Crippen molar-refractivity contribution in [3.63, 3.8) is 0 Å². The highest BCUT2D eigenvalue weighted by molar-refractivity contribution is 7.86. The molecule has 0 aliphatic carbocycles. The number of morpholine rings is 1. The molecule has 2 aliphatic rings. The number of fused-ring (bicyclic) bond motifs is 1. The van der Waals surface area contributed by atoms with Crippen molar-refractivity contribution in [3.05, 3.63) is 17.8 Å². The van der Waals surface area contributed by atoms with E-state index in [4.69, 9.17) is 4.74 Å². The SMILES string of the molecule is C[C@@H]1CN(S(=O)(=O)N2CCN(c3ncnc4sccc34)CC2)C[C@H](C)O1. The second-order valence-corrected chi connectivity index (χ2v) is 9.63. The molecule has 0 aromatic carbocycles. The summed E-state index contributed by atoms with van der Waals surface area (Å²) in [5.74, 6) is 0.891. The molecule has 0 amide bonds. The number of thiophene rings is 1. The van der Waals surface area contributed by atoms with Gasteiger partial charge in [-0.2, -0.15) is 17.0 Å². The molecule has 2 aromatic rings. The summed E-state index contributed by atoms with van der Waals surface area (Å²) in [5.41, 5.74) is 0. The van der Waals surface area contributed by atoms with Crippen LogP contribution in [0.1, 0.15) is 13.8 Å². The van der Waals surface area contributed by atoms with E-state index in [9.17, 15) is 8.42 Å². The second kappa shape index (κ2) is 7.01. The summed E-state index contributed by atoms with van der Waals surface area (Å²) in [6.45, 7) is 6.81. The molecule has 0 N–H and O–H groups in total. The van der Waals surface area contributed by atoms with Gasteiger partial charge >= 0.3 is 0 Å². The second-order valence-electron chi connectivity index (χ2n) is 6.80. The van der Waals surface area contributed by atoms with E-state index in [1.807, 2.05) is 25.3 Å². The normalized spacial score (nSPS) is 26.5. The van der Waals surface area contributed by atoms with Crippen LogP contribution >= 0.6 is 11.3 Å². The minimum Gasteiger partial charge on any atom is -0.373 e. The number of rotatable bonds is 3. The molecular formula is C16H23N5O3S2. The van der Waals surface area contributed by atoms with Gasteiger partial charge in [0.1, 0.15) is 17.0 Å². The standard InChI is InChI=1S/C16H23N5O3S2/c1-12-9-21(10-13(2)24-12)26(22,23)20-6-4-19(5-7-20)15-14-3-8-25-16(14)18-11-17-15/h3,8,11-13H,4-7,9-10H2,1-2H3/t12-,13+. The van der Waals surface area contributed by atoms with Crippen molar-refractivity contribution in [1.82, 2.24) is 18.6 Å². The Labute approximate surface area is 157 Å². The van der Waals surface area contributed by atoms with E-state index in [1.54, 1.807) is 26.3 Å². The van der Waals surface area contributed by atoms with Gasteiger partial charge < -0.3 is 9.64 Å². The smallest absolute Gasteiger partial charge is 0.282 e. The predicted octanol–water partition coefficient (Wildman–Crippen LogP) is 1.17. The number of nitrogens with zero attached hydrogens (tertiary/aromatic N) is 5. The summed E-state index contributed by atoms with van der Waals surface area (Å²) in [5, 5.41) is 3.04. The highest BCUT2D eigenvalue weighted by atomic mass is 32.2. The van der Waals surface area contributed by atoms with Crippen LogP contribution in [0.5, 0.6) is 0 Å². The fraction of sp³-hybridized carbons (Fsp3) is 0.625. The molecule has 10 heteroatoms. The van der Waals surface area contributed by atoms with Crippen molar-refractivity contribution in [3.8, 4) is 0 Å². The third-order valence-electron chi connectivity index (χ3n) is 4.82. The molecule has 8 nitrogen and oxygen atoms in total. The zero-order valence-electron chi connectivity index (χ0n) is 14.9. The molecule has 2 fully saturated rings. The third-order valence-corrected chi connectivity index (χ3v) is 7.61. The Morgan fingerprint density at radius 3 is 2.46 bits per heavy atom. The van der Waals surface area contributed by atoms with Gasteiger partial charge in [0.15, 0.2) is 0 Å². The van der Waals surface area contributed by atoms with Crippen molar-refractivity contribution in [2.75, 3.05) is 44.2 Å². The first-order valence-corrected chi connectivity index (χ1v) is 11.1. The fourth-order valence-electron chi connectivity index (χ4n) is 3.64. The van der Waals surface area contributed by atoms with Gasteiger partial charge in [-0.1, -0.05) is 0 Å². The molecule has 0 bridgehead atoms. The lowest BCUT2D eigenvalue weighted by atomic mass is 10.3. The average molecular weight is 398 g/mol. The number of hydrogen-bond donors (Lipinski definition) is 0. The van der Waals surface area contributed by atoms with Crippen molar-refractivity contribution >= 4 is 37.6 Å². The van der Waals surface area contributed by atoms with E-state index < -0.39 is 10.2 Å². The first kappa shape index (κ1) is 18.1. The number of anilines is 1. The Kier molecular flexibility index (Phi) is 4.86. The molecule has 2 saturated heterocycles. The molecule has 26 heavy (non-hydrogen) atoms. The van der Waals surface area contributed by atoms with E-state index in [0.717, 1.165) is 16.0 Å². The molecule has 2 atom stereocenters. The summed E-state index contributed by atoms with van der Waals surface area (Å²) >= 11 is 1.59. The zero-order valence-corrected chi connectivity index (χ0v) is 16.5. The van der Waals surface area contributed by atoms with Crippen LogP contribution in [-0.4, -0.2) is 78.5 Å². The third kappa shape index (κ3) is 3.31. The Balaban J connectivity index is 1.47. The summed E-state index contributed by atoms with van der Waals surface area (Å²) < 4.78 is 34.8. The molecule has 0 radical (unpaired) electrons. The molecule has 4 rings (SSSR count). The highest BCUT2D eigenvalue weighted by Crippen LogP contribution is 2.28. The van der Waals surface area contributed by atoms with E-state index in [-0.39, 0.29) is 12.2 Å². The molecule has 2 aromatic heterocycles. The van der Waals surface area contributed by atoms with Crippen molar-refractivity contribution in [1.29, 1.82) is 0 Å². The molecular weight excluding hydrogens is 374 g/mol. The summed E-state index contributed by atoms with van der Waals surface area (Å²) in [7, 11) is -3.46. The van der Waals surface area contributed by atoms with Crippen LogP contribution in [0.4, 0.5) is 5.82 Å². The number of aromatic nitrogens is 2. The lowest BCUT2D eigenvalue weighted by Crippen LogP contribution is -2.57. The molecule has 4 heterocycles. The summed E-state index contributed by atoms with van der Waals surface area (Å²) in [6.07, 6.45) is 1.42. The van der Waals surface area contributed by atoms with Crippen LogP contribution in [0.25, 0.3) is 10.2 Å². The van der Waals surface area contributed by atoms with Gasteiger partial charge in [-0.25, -0.2) is 9.97 Å². The van der Waals surface area contributed by atoms with Crippen molar-refractivity contribution in [2.45, 2.75) is 26.1 Å². The van der Waals surface area contributed by atoms with Gasteiger partial charge in [-0.05, 0) is 25.3 Å². The number of hydrogen-bond acceptors (Lipinski definition) is 7. The van der Waals surface area contributed by atoms with Crippen molar-refractivity contribution < 1.29 is 13.2 Å². The predicted molar refractivity (Wildman–Crippen MR) is 102 cm³/mol. The summed E-state index contributed by atoms with van der Waals surface area (Å²) in [4.78, 5) is 11.8. The van der Waals surface area contributed by atoms with Gasteiger partial charge in [0.05, 0.1) is 17.6 Å². The zero-order chi connectivity index (χ0) is 18.3. The van der Waals surface area contributed by atoms with Gasteiger partial charge in [-0.3, -0.25) is 0 Å². The molecule has 142 valence electrons. The maximum Gasteiger partial charge on any atom is 0.282 e. The largest absolute Gasteiger partial charge is 0.373 e. The van der Waals surface area contributed by atoms with Crippen molar-refractivity contribution in [2.24, 2.45) is 0 Å². The molecule has 0 spiro atoms. The monoisotopic (exact) mass is 397 g/mol. The van der Waals surface area contributed by atoms with E-state index in [1.165, 1.54) is 0 Å². The Bertz CT molecular complexity index is 869. The van der Waals surface area contributed by atoms with Gasteiger partial charge in [0, 0.05) is 39.3 Å². The maximum absolute atomic E-state index is 13.0. The topological polar surface area (TPSA) is 78.9 Å². The van der Waals surface area contributed by atoms with Gasteiger partial charge in [0.25, 0.3) is 10.2 Å². The van der Waals surface area contributed by atoms with Crippen LogP contribution in [0.15, 0.2) is 17.8 Å². The average Bonchev–Trinajstić information content (AvgIpc) is 3.10. The van der Waals surface area contributed by atoms with Crippen LogP contribution in [0.3, 0.4) is 0 Å². The first-order valence-electron chi connectivity index (χ1n) is 8.79. The van der Waals surface area contributed by atoms with E-state index in [0.29, 0.717) is 39.3 Å². The van der Waals surface area contributed by atoms with Gasteiger partial charge in [0.2, 0.25) is 0 Å². The number of piperazine rings is 1. The molecule has 0 saturated carbocycles. The Morgan fingerprint density at radius 1 is 1.08 bits per heavy atom. The Hall–Kier alpha value is -1.33. The summed E-state index contributed by atoms with van der Waals surface area (Å²) in [6, 6.07) is 2.02. The highest BCUT2D eigenvalue weighted by Gasteiger charge is 2.37. The van der Waals surface area contributed by atoms with Crippen LogP contribution in [-0.2, 0) is 14.9 Å². The van der Waals surface area contributed by atoms with E-state index >= 15 is 0 Å². The molecule has 2 aliphatic heterocycles. The lowest BCUT2D eigenvalue weighted by molar-refractivity contribution is -0.0455. The van der Waals surface area contributed by atoms with Crippen LogP contribution in [0.2, 0.25) is 0 Å². The Morgan fingerprint density at radius 2 is 1.77 bits per heavy atom. The lowest BCUT2D eigenvalue weighted by Gasteiger charge is -2.40. The van der Waals surface area contributed by atoms with Crippen LogP contribution in [0, 0.1) is 0 Å². The minimum atomic E-state index is -3.46. The van der Waals surface area contributed by atoms with Gasteiger partial charge in [-0.15, -0.1) is 11.3 Å². The van der Waals surface area contributed by atoms with E-state index in [2.05, 4.69) is 14.9 Å². The maximum atomic E-state index is 13.0. The fourth-order valence-corrected chi connectivity index (χ4v) is 6.12. The quantitative estimate of drug-likeness (QED) is 0.774. The first-order chi connectivity index (χ1) is 12.4. The molecule has 0 unspecified atom stereocenters. The van der Waals surface area contributed by atoms with Crippen LogP contribution < -0.4 is 4.90 Å². The minimum absolute atomic E-state index is 0.0808. The number of ether oxygens (including phenoxy) is 1.